The smallest absolute Gasteiger partial charge is 0.255 e. The van der Waals surface area contributed by atoms with E-state index in [1.165, 1.54) is 0 Å². The first kappa shape index (κ1) is 19.4. The average Bonchev–Trinajstić information content (AvgIpc) is 3.11. The Hall–Kier alpha value is -2.33. The molecule has 2 amide bonds. The van der Waals surface area contributed by atoms with Crippen molar-refractivity contribution < 1.29 is 9.59 Å². The molecule has 3 rings (SSSR count). The lowest BCUT2D eigenvalue weighted by atomic mass is 9.86. The number of hydrogen-bond donors (Lipinski definition) is 1. The monoisotopic (exact) mass is 384 g/mol. The quantitative estimate of drug-likeness (QED) is 0.846. The molecule has 2 unspecified atom stereocenters. The average molecular weight is 385 g/mol. The second-order valence-electron chi connectivity index (χ2n) is 7.05. The Balaban J connectivity index is 1.89. The SMILES string of the molecule is CCCNC(=O)C1CN(C(=O)c2ccccc2Cl)CC1c1ccccc1C. The van der Waals surface area contributed by atoms with E-state index >= 15 is 0 Å². The largest absolute Gasteiger partial charge is 0.356 e. The minimum atomic E-state index is -0.260. The first-order chi connectivity index (χ1) is 13.0. The lowest BCUT2D eigenvalue weighted by molar-refractivity contribution is -0.124. The van der Waals surface area contributed by atoms with Crippen LogP contribution in [0.2, 0.25) is 5.02 Å². The number of nitrogens with zero attached hydrogens (tertiary/aromatic N) is 1. The van der Waals surface area contributed by atoms with Gasteiger partial charge in [0, 0.05) is 25.6 Å². The lowest BCUT2D eigenvalue weighted by Crippen LogP contribution is -2.36. The van der Waals surface area contributed by atoms with E-state index in [4.69, 9.17) is 11.6 Å². The summed E-state index contributed by atoms with van der Waals surface area (Å²) in [7, 11) is 0. The maximum Gasteiger partial charge on any atom is 0.255 e. The molecule has 1 fully saturated rings. The highest BCUT2D eigenvalue weighted by Gasteiger charge is 2.41. The van der Waals surface area contributed by atoms with Crippen LogP contribution < -0.4 is 5.32 Å². The number of carbonyl (C=O) groups excluding carboxylic acids is 2. The topological polar surface area (TPSA) is 49.4 Å². The fourth-order valence-electron chi connectivity index (χ4n) is 3.74. The molecule has 1 aliphatic heterocycles. The Bertz CT molecular complexity index is 837. The lowest BCUT2D eigenvalue weighted by Gasteiger charge is -2.19. The van der Waals surface area contributed by atoms with Crippen LogP contribution in [0.3, 0.4) is 0 Å². The molecule has 0 aliphatic carbocycles. The van der Waals surface area contributed by atoms with Crippen molar-refractivity contribution in [1.82, 2.24) is 10.2 Å². The molecule has 0 spiro atoms. The highest BCUT2D eigenvalue weighted by molar-refractivity contribution is 6.33. The summed E-state index contributed by atoms with van der Waals surface area (Å²) < 4.78 is 0. The van der Waals surface area contributed by atoms with Crippen molar-refractivity contribution in [2.24, 2.45) is 5.92 Å². The van der Waals surface area contributed by atoms with Crippen molar-refractivity contribution >= 4 is 23.4 Å². The molecule has 142 valence electrons. The van der Waals surface area contributed by atoms with E-state index in [-0.39, 0.29) is 23.7 Å². The molecule has 1 aliphatic rings. The Kier molecular flexibility index (Phi) is 6.17. The van der Waals surface area contributed by atoms with E-state index in [1.54, 1.807) is 29.2 Å². The summed E-state index contributed by atoms with van der Waals surface area (Å²) in [5, 5.41) is 3.44. The standard InChI is InChI=1S/C22H25ClN2O2/c1-3-12-24-21(26)19-14-25(22(27)17-10-6-7-11-20(17)23)13-18(19)16-9-5-4-8-15(16)2/h4-11,18-19H,3,12-14H2,1-2H3,(H,24,26). The maximum absolute atomic E-state index is 13.0. The van der Waals surface area contributed by atoms with Crippen molar-refractivity contribution in [1.29, 1.82) is 0 Å². The Labute approximate surface area is 165 Å². The molecular weight excluding hydrogens is 360 g/mol. The van der Waals surface area contributed by atoms with Gasteiger partial charge in [0.25, 0.3) is 5.91 Å². The molecule has 5 heteroatoms. The number of nitrogens with one attached hydrogen (secondary N) is 1. The van der Waals surface area contributed by atoms with Crippen molar-refractivity contribution in [3.63, 3.8) is 0 Å². The molecule has 0 saturated carbocycles. The molecule has 0 aromatic heterocycles. The highest BCUT2D eigenvalue weighted by atomic mass is 35.5. The number of amides is 2. The summed E-state index contributed by atoms with van der Waals surface area (Å²) in [6.07, 6.45) is 0.885. The normalized spacial score (nSPS) is 19.1. The minimum Gasteiger partial charge on any atom is -0.356 e. The van der Waals surface area contributed by atoms with E-state index in [1.807, 2.05) is 19.1 Å². The van der Waals surface area contributed by atoms with E-state index in [9.17, 15) is 9.59 Å². The fraction of sp³-hybridized carbons (Fsp3) is 0.364. The number of rotatable bonds is 5. The van der Waals surface area contributed by atoms with E-state index < -0.39 is 0 Å². The molecule has 0 radical (unpaired) electrons. The van der Waals surface area contributed by atoms with Gasteiger partial charge in [-0.1, -0.05) is 54.9 Å². The van der Waals surface area contributed by atoms with Crippen molar-refractivity contribution in [2.45, 2.75) is 26.2 Å². The Morgan fingerprint density at radius 3 is 2.52 bits per heavy atom. The third-order valence-corrected chi connectivity index (χ3v) is 5.51. The van der Waals surface area contributed by atoms with Crippen LogP contribution in [-0.4, -0.2) is 36.3 Å². The van der Waals surface area contributed by atoms with Gasteiger partial charge < -0.3 is 10.2 Å². The highest BCUT2D eigenvalue weighted by Crippen LogP contribution is 2.35. The van der Waals surface area contributed by atoms with Crippen molar-refractivity contribution in [3.05, 3.63) is 70.2 Å². The van der Waals surface area contributed by atoms with Gasteiger partial charge in [0.2, 0.25) is 5.91 Å². The summed E-state index contributed by atoms with van der Waals surface area (Å²) in [5.74, 6) is -0.386. The Morgan fingerprint density at radius 2 is 1.81 bits per heavy atom. The summed E-state index contributed by atoms with van der Waals surface area (Å²) in [5.41, 5.74) is 2.75. The van der Waals surface area contributed by atoms with Crippen LogP contribution >= 0.6 is 11.6 Å². The van der Waals surface area contributed by atoms with Crippen LogP contribution in [0.15, 0.2) is 48.5 Å². The molecule has 0 bridgehead atoms. The molecule has 4 nitrogen and oxygen atoms in total. The zero-order chi connectivity index (χ0) is 19.4. The van der Waals surface area contributed by atoms with Gasteiger partial charge in [0.15, 0.2) is 0 Å². The van der Waals surface area contributed by atoms with E-state index in [0.29, 0.717) is 30.2 Å². The predicted octanol–water partition coefficient (Wildman–Crippen LogP) is 4.03. The van der Waals surface area contributed by atoms with Crippen LogP contribution in [-0.2, 0) is 4.79 Å². The molecule has 1 heterocycles. The summed E-state index contributed by atoms with van der Waals surface area (Å²) in [6, 6.07) is 15.2. The van der Waals surface area contributed by atoms with Gasteiger partial charge in [0.1, 0.15) is 0 Å². The van der Waals surface area contributed by atoms with Crippen LogP contribution in [0.25, 0.3) is 0 Å². The molecule has 1 N–H and O–H groups in total. The molecule has 2 atom stereocenters. The third kappa shape index (κ3) is 4.16. The summed E-state index contributed by atoms with van der Waals surface area (Å²) >= 11 is 6.22. The van der Waals surface area contributed by atoms with Crippen LogP contribution in [0.1, 0.15) is 40.7 Å². The third-order valence-electron chi connectivity index (χ3n) is 5.19. The first-order valence-electron chi connectivity index (χ1n) is 9.40. The van der Waals surface area contributed by atoms with Gasteiger partial charge in [-0.15, -0.1) is 0 Å². The summed E-state index contributed by atoms with van der Waals surface area (Å²) in [4.78, 5) is 27.6. The Morgan fingerprint density at radius 1 is 1.11 bits per heavy atom. The first-order valence-corrected chi connectivity index (χ1v) is 9.77. The second-order valence-corrected chi connectivity index (χ2v) is 7.46. The number of carbonyl (C=O) groups is 2. The minimum absolute atomic E-state index is 0.0135. The van der Waals surface area contributed by atoms with Gasteiger partial charge in [-0.3, -0.25) is 9.59 Å². The maximum atomic E-state index is 13.0. The van der Waals surface area contributed by atoms with Gasteiger partial charge in [-0.25, -0.2) is 0 Å². The number of likely N-dealkylation sites (tertiary alicyclic amines) is 1. The van der Waals surface area contributed by atoms with Crippen LogP contribution in [0, 0.1) is 12.8 Å². The van der Waals surface area contributed by atoms with Crippen LogP contribution in [0.4, 0.5) is 0 Å². The van der Waals surface area contributed by atoms with E-state index in [2.05, 4.69) is 24.4 Å². The molecule has 2 aromatic carbocycles. The number of benzene rings is 2. The zero-order valence-electron chi connectivity index (χ0n) is 15.7. The summed E-state index contributed by atoms with van der Waals surface area (Å²) in [6.45, 7) is 5.64. The molecule has 2 aromatic rings. The number of hydrogen-bond acceptors (Lipinski definition) is 2. The molecule has 1 saturated heterocycles. The van der Waals surface area contributed by atoms with Gasteiger partial charge in [-0.2, -0.15) is 0 Å². The number of aryl methyl sites for hydroxylation is 1. The molecule has 27 heavy (non-hydrogen) atoms. The van der Waals surface area contributed by atoms with Crippen molar-refractivity contribution in [3.8, 4) is 0 Å². The predicted molar refractivity (Wildman–Crippen MR) is 108 cm³/mol. The van der Waals surface area contributed by atoms with Gasteiger partial charge in [0.05, 0.1) is 16.5 Å². The van der Waals surface area contributed by atoms with Crippen LogP contribution in [0.5, 0.6) is 0 Å². The number of halogens is 1. The van der Waals surface area contributed by atoms with Gasteiger partial charge >= 0.3 is 0 Å². The van der Waals surface area contributed by atoms with Crippen molar-refractivity contribution in [2.75, 3.05) is 19.6 Å². The zero-order valence-corrected chi connectivity index (χ0v) is 16.5. The van der Waals surface area contributed by atoms with E-state index in [0.717, 1.165) is 17.5 Å². The second kappa shape index (κ2) is 8.57. The van der Waals surface area contributed by atoms with Gasteiger partial charge in [-0.05, 0) is 36.6 Å². The molecular formula is C22H25ClN2O2. The fourth-order valence-corrected chi connectivity index (χ4v) is 3.95.